The van der Waals surface area contributed by atoms with E-state index in [1.165, 1.54) is 7.11 Å². The van der Waals surface area contributed by atoms with Gasteiger partial charge in [0.25, 0.3) is 0 Å². The Labute approximate surface area is 143 Å². The first-order valence-corrected chi connectivity index (χ1v) is 7.83. The number of rotatable bonds is 5. The molecule has 0 heterocycles. The summed E-state index contributed by atoms with van der Waals surface area (Å²) in [5.74, 6) is 0.372. The Bertz CT molecular complexity index is 727. The second kappa shape index (κ2) is 7.78. The van der Waals surface area contributed by atoms with Crippen LogP contribution in [0.4, 0.5) is 11.4 Å². The third-order valence-electron chi connectivity index (χ3n) is 3.11. The molecule has 0 atom stereocenters. The van der Waals surface area contributed by atoms with Gasteiger partial charge in [0, 0.05) is 28.4 Å². The Morgan fingerprint density at radius 3 is 2.65 bits per heavy atom. The molecule has 2 N–H and O–H groups in total. The van der Waals surface area contributed by atoms with E-state index in [1.54, 1.807) is 49.5 Å². The van der Waals surface area contributed by atoms with E-state index in [4.69, 9.17) is 4.74 Å². The van der Waals surface area contributed by atoms with Crippen molar-refractivity contribution in [1.29, 1.82) is 0 Å². The molecular formula is C17H17BrN2O3. The second-order valence-electron chi connectivity index (χ2n) is 4.75. The molecule has 5 nitrogen and oxygen atoms in total. The summed E-state index contributed by atoms with van der Waals surface area (Å²) in [6, 6.07) is 10.6. The third-order valence-corrected chi connectivity index (χ3v) is 3.57. The third kappa shape index (κ3) is 4.56. The molecule has 2 rings (SSSR count). The number of hydrogen-bond donors (Lipinski definition) is 2. The molecule has 0 saturated carbocycles. The van der Waals surface area contributed by atoms with Gasteiger partial charge in [-0.25, -0.2) is 0 Å². The normalized spacial score (nSPS) is 10.7. The second-order valence-corrected chi connectivity index (χ2v) is 5.67. The summed E-state index contributed by atoms with van der Waals surface area (Å²) < 4.78 is 5.88. The number of phenolic OH excluding ortho intramolecular Hbond substituents is 1. The molecule has 0 saturated heterocycles. The number of aliphatic imine (C=N–C) groups is 1. The van der Waals surface area contributed by atoms with Gasteiger partial charge >= 0.3 is 0 Å². The molecule has 2 aromatic rings. The van der Waals surface area contributed by atoms with Crippen LogP contribution in [0.15, 0.2) is 45.9 Å². The van der Waals surface area contributed by atoms with Crippen LogP contribution >= 0.6 is 15.9 Å². The molecule has 0 fully saturated rings. The SMILES string of the molecule is CCC(=O)Nc1ccc(N=Cc2cc(Br)cc(OC)c2O)cc1. The molecule has 6 heteroatoms. The van der Waals surface area contributed by atoms with Crippen LogP contribution in [0.5, 0.6) is 11.5 Å². The fourth-order valence-corrected chi connectivity index (χ4v) is 2.33. The number of phenols is 1. The van der Waals surface area contributed by atoms with E-state index in [-0.39, 0.29) is 11.7 Å². The molecule has 23 heavy (non-hydrogen) atoms. The zero-order valence-corrected chi connectivity index (χ0v) is 14.4. The maximum atomic E-state index is 11.3. The van der Waals surface area contributed by atoms with Crippen molar-refractivity contribution in [2.45, 2.75) is 13.3 Å². The van der Waals surface area contributed by atoms with E-state index < -0.39 is 0 Å². The Morgan fingerprint density at radius 1 is 1.35 bits per heavy atom. The molecule has 0 aliphatic rings. The zero-order chi connectivity index (χ0) is 16.8. The highest BCUT2D eigenvalue weighted by Crippen LogP contribution is 2.32. The number of aromatic hydroxyl groups is 1. The molecule has 0 unspecified atom stereocenters. The number of carbonyl (C=O) groups excluding carboxylic acids is 1. The van der Waals surface area contributed by atoms with Crippen molar-refractivity contribution in [3.05, 3.63) is 46.4 Å². The number of nitrogens with one attached hydrogen (secondary N) is 1. The van der Waals surface area contributed by atoms with E-state index >= 15 is 0 Å². The van der Waals surface area contributed by atoms with Crippen LogP contribution in [0.1, 0.15) is 18.9 Å². The minimum absolute atomic E-state index is 0.0336. The van der Waals surface area contributed by atoms with Gasteiger partial charge in [-0.2, -0.15) is 0 Å². The van der Waals surface area contributed by atoms with Crippen molar-refractivity contribution < 1.29 is 14.6 Å². The van der Waals surface area contributed by atoms with Crippen LogP contribution in [0, 0.1) is 0 Å². The number of halogens is 1. The lowest BCUT2D eigenvalue weighted by Crippen LogP contribution is -2.08. The van der Waals surface area contributed by atoms with Gasteiger partial charge in [0.1, 0.15) is 0 Å². The van der Waals surface area contributed by atoms with E-state index in [0.717, 1.165) is 10.2 Å². The standard InChI is InChI=1S/C17H17BrN2O3/c1-3-16(21)20-14-6-4-13(5-7-14)19-10-11-8-12(18)9-15(23-2)17(11)22/h4-10,22H,3H2,1-2H3,(H,20,21). The van der Waals surface area contributed by atoms with Gasteiger partial charge in [-0.05, 0) is 36.4 Å². The van der Waals surface area contributed by atoms with Crippen LogP contribution < -0.4 is 10.1 Å². The fraction of sp³-hybridized carbons (Fsp3) is 0.176. The van der Waals surface area contributed by atoms with Crippen molar-refractivity contribution in [3.8, 4) is 11.5 Å². The number of anilines is 1. The van der Waals surface area contributed by atoms with Crippen molar-refractivity contribution in [2.75, 3.05) is 12.4 Å². The van der Waals surface area contributed by atoms with Crippen LogP contribution in [0.25, 0.3) is 0 Å². The number of methoxy groups -OCH3 is 1. The molecule has 120 valence electrons. The van der Waals surface area contributed by atoms with Gasteiger partial charge in [-0.1, -0.05) is 22.9 Å². The Balaban J connectivity index is 2.17. The fourth-order valence-electron chi connectivity index (χ4n) is 1.87. The first-order valence-electron chi connectivity index (χ1n) is 7.04. The van der Waals surface area contributed by atoms with Gasteiger partial charge in [0.15, 0.2) is 11.5 Å². The highest BCUT2D eigenvalue weighted by molar-refractivity contribution is 9.10. The van der Waals surface area contributed by atoms with Crippen molar-refractivity contribution in [1.82, 2.24) is 0 Å². The maximum Gasteiger partial charge on any atom is 0.224 e. The molecule has 2 aromatic carbocycles. The van der Waals surface area contributed by atoms with Gasteiger partial charge in [0.2, 0.25) is 5.91 Å². The molecule has 0 aromatic heterocycles. The summed E-state index contributed by atoms with van der Waals surface area (Å²) in [5, 5.41) is 12.8. The number of hydrogen-bond acceptors (Lipinski definition) is 4. The van der Waals surface area contributed by atoms with E-state index in [1.807, 2.05) is 0 Å². The summed E-state index contributed by atoms with van der Waals surface area (Å²) in [4.78, 5) is 15.6. The van der Waals surface area contributed by atoms with Crippen molar-refractivity contribution >= 4 is 39.4 Å². The van der Waals surface area contributed by atoms with Gasteiger partial charge in [0.05, 0.1) is 12.8 Å². The predicted molar refractivity (Wildman–Crippen MR) is 95.0 cm³/mol. The Kier molecular flexibility index (Phi) is 5.76. The molecular weight excluding hydrogens is 360 g/mol. The van der Waals surface area contributed by atoms with Gasteiger partial charge in [-0.3, -0.25) is 9.79 Å². The Hall–Kier alpha value is -2.34. The summed E-state index contributed by atoms with van der Waals surface area (Å²) >= 11 is 3.36. The molecule has 0 spiro atoms. The summed E-state index contributed by atoms with van der Waals surface area (Å²) in [6.07, 6.45) is 1.99. The molecule has 0 aliphatic carbocycles. The molecule has 1 amide bonds. The minimum Gasteiger partial charge on any atom is -0.504 e. The first-order chi connectivity index (χ1) is 11.0. The van der Waals surface area contributed by atoms with Crippen molar-refractivity contribution in [3.63, 3.8) is 0 Å². The van der Waals surface area contributed by atoms with Gasteiger partial charge in [-0.15, -0.1) is 0 Å². The number of amides is 1. The van der Waals surface area contributed by atoms with E-state index in [0.29, 0.717) is 23.4 Å². The lowest BCUT2D eigenvalue weighted by molar-refractivity contribution is -0.115. The smallest absolute Gasteiger partial charge is 0.224 e. The Morgan fingerprint density at radius 2 is 2.04 bits per heavy atom. The highest BCUT2D eigenvalue weighted by Gasteiger charge is 2.08. The van der Waals surface area contributed by atoms with Crippen LogP contribution in [-0.4, -0.2) is 24.3 Å². The molecule has 0 aliphatic heterocycles. The quantitative estimate of drug-likeness (QED) is 0.765. The van der Waals surface area contributed by atoms with E-state index in [9.17, 15) is 9.90 Å². The van der Waals surface area contributed by atoms with Gasteiger partial charge < -0.3 is 15.2 Å². The lowest BCUT2D eigenvalue weighted by Gasteiger charge is -2.07. The summed E-state index contributed by atoms with van der Waals surface area (Å²) in [7, 11) is 1.49. The molecule has 0 bridgehead atoms. The number of benzene rings is 2. The maximum absolute atomic E-state index is 11.3. The zero-order valence-electron chi connectivity index (χ0n) is 12.8. The predicted octanol–water partition coefficient (Wildman–Crippen LogP) is 4.26. The average Bonchev–Trinajstić information content (AvgIpc) is 2.56. The monoisotopic (exact) mass is 376 g/mol. The summed E-state index contributed by atoms with van der Waals surface area (Å²) in [5.41, 5.74) is 1.97. The highest BCUT2D eigenvalue weighted by atomic mass is 79.9. The van der Waals surface area contributed by atoms with Crippen LogP contribution in [-0.2, 0) is 4.79 Å². The van der Waals surface area contributed by atoms with Crippen LogP contribution in [0.3, 0.4) is 0 Å². The number of carbonyl (C=O) groups is 1. The number of ether oxygens (including phenoxy) is 1. The number of nitrogens with zero attached hydrogens (tertiary/aromatic N) is 1. The van der Waals surface area contributed by atoms with E-state index in [2.05, 4.69) is 26.2 Å². The largest absolute Gasteiger partial charge is 0.504 e. The average molecular weight is 377 g/mol. The minimum atomic E-state index is -0.0348. The first kappa shape index (κ1) is 17.0. The lowest BCUT2D eigenvalue weighted by atomic mass is 10.2. The van der Waals surface area contributed by atoms with Crippen molar-refractivity contribution in [2.24, 2.45) is 4.99 Å². The van der Waals surface area contributed by atoms with Crippen LogP contribution in [0.2, 0.25) is 0 Å². The topological polar surface area (TPSA) is 70.9 Å². The summed E-state index contributed by atoms with van der Waals surface area (Å²) in [6.45, 7) is 1.80. The molecule has 0 radical (unpaired) electrons.